The first kappa shape index (κ1) is 30.1. The maximum Gasteiger partial charge on any atom is 0.236 e. The molecule has 10 nitrogen and oxygen atoms in total. The number of β-amino-alcohol motifs (C(OH)–C–C–N with tert-alkyl or cyclic N) is 1. The molecule has 1 unspecified atom stereocenters. The van der Waals surface area contributed by atoms with Gasteiger partial charge in [0.2, 0.25) is 5.91 Å². The van der Waals surface area contributed by atoms with Gasteiger partial charge in [-0.25, -0.2) is 18.7 Å². The summed E-state index contributed by atoms with van der Waals surface area (Å²) >= 11 is 1.19. The fourth-order valence-corrected chi connectivity index (χ4v) is 8.47. The Kier molecular flexibility index (Phi) is 7.18. The van der Waals surface area contributed by atoms with Gasteiger partial charge < -0.3 is 24.9 Å². The normalized spacial score (nSPS) is 21.5. The van der Waals surface area contributed by atoms with Crippen LogP contribution >= 0.6 is 11.3 Å². The topological polar surface area (TPSA) is 120 Å². The predicted molar refractivity (Wildman–Crippen MR) is 174 cm³/mol. The minimum Gasteiger partial charge on any atom is -0.392 e. The van der Waals surface area contributed by atoms with Crippen molar-refractivity contribution in [3.8, 4) is 17.3 Å². The van der Waals surface area contributed by atoms with Crippen LogP contribution in [0.15, 0.2) is 36.4 Å². The average Bonchev–Trinajstić information content (AvgIpc) is 3.73. The summed E-state index contributed by atoms with van der Waals surface area (Å²) in [6, 6.07) is 11.5. The Morgan fingerprint density at radius 2 is 1.89 bits per heavy atom. The smallest absolute Gasteiger partial charge is 0.236 e. The largest absolute Gasteiger partial charge is 0.392 e. The van der Waals surface area contributed by atoms with Gasteiger partial charge in [-0.2, -0.15) is 5.26 Å². The molecule has 5 heterocycles. The number of thiazole rings is 1. The highest BCUT2D eigenvalue weighted by Crippen LogP contribution is 2.47. The monoisotopic (exact) mass is 657 g/mol. The van der Waals surface area contributed by atoms with Crippen molar-refractivity contribution in [2.75, 3.05) is 62.7 Å². The lowest BCUT2D eigenvalue weighted by molar-refractivity contribution is -0.146. The average molecular weight is 658 g/mol. The minimum atomic E-state index is -0.809. The molecule has 8 rings (SSSR count). The van der Waals surface area contributed by atoms with Crippen molar-refractivity contribution in [3.05, 3.63) is 64.2 Å². The third-order valence-electron chi connectivity index (χ3n) is 10.0. The van der Waals surface area contributed by atoms with E-state index in [0.717, 1.165) is 17.8 Å². The van der Waals surface area contributed by atoms with Crippen molar-refractivity contribution in [2.45, 2.75) is 31.5 Å². The van der Waals surface area contributed by atoms with Crippen molar-refractivity contribution in [2.24, 2.45) is 5.41 Å². The van der Waals surface area contributed by atoms with Crippen LogP contribution in [0.4, 0.5) is 25.3 Å². The molecule has 1 amide bonds. The number of aliphatic hydroxyl groups is 2. The highest BCUT2D eigenvalue weighted by molar-refractivity contribution is 7.16. The van der Waals surface area contributed by atoms with E-state index in [1.165, 1.54) is 29.5 Å². The number of hydrogen-bond acceptors (Lipinski definition) is 10. The number of pyridine rings is 1. The number of fused-ring (bicyclic) bond motifs is 2. The summed E-state index contributed by atoms with van der Waals surface area (Å²) in [5.74, 6) is -0.790. The number of rotatable bonds is 6. The second kappa shape index (κ2) is 11.2. The zero-order chi connectivity index (χ0) is 32.6. The first-order valence-electron chi connectivity index (χ1n) is 15.8. The molecule has 2 atom stereocenters. The van der Waals surface area contributed by atoms with Gasteiger partial charge in [-0.05, 0) is 55.7 Å². The van der Waals surface area contributed by atoms with Crippen LogP contribution < -0.4 is 9.80 Å². The number of likely N-dealkylation sites (tertiary alicyclic amines) is 2. The quantitative estimate of drug-likeness (QED) is 0.318. The van der Waals surface area contributed by atoms with Crippen LogP contribution in [0.3, 0.4) is 0 Å². The highest BCUT2D eigenvalue weighted by Gasteiger charge is 2.53. The van der Waals surface area contributed by atoms with E-state index < -0.39 is 11.9 Å². The summed E-state index contributed by atoms with van der Waals surface area (Å²) in [4.78, 5) is 30.4. The molecule has 3 fully saturated rings. The second-order valence-electron chi connectivity index (χ2n) is 13.3. The number of nitrogens with zero attached hydrogens (tertiary/aromatic N) is 7. The summed E-state index contributed by atoms with van der Waals surface area (Å²) in [5, 5.41) is 31.5. The number of halogens is 2. The van der Waals surface area contributed by atoms with Gasteiger partial charge in [0.1, 0.15) is 28.0 Å². The van der Waals surface area contributed by atoms with Crippen molar-refractivity contribution >= 4 is 44.7 Å². The lowest BCUT2D eigenvalue weighted by Crippen LogP contribution is -2.73. The van der Waals surface area contributed by atoms with E-state index in [1.807, 2.05) is 27.8 Å². The van der Waals surface area contributed by atoms with E-state index in [2.05, 4.69) is 16.0 Å². The third-order valence-corrected chi connectivity index (χ3v) is 11.0. The van der Waals surface area contributed by atoms with Crippen molar-refractivity contribution < 1.29 is 23.8 Å². The van der Waals surface area contributed by atoms with E-state index in [4.69, 9.17) is 4.98 Å². The molecule has 2 aromatic heterocycles. The van der Waals surface area contributed by atoms with Crippen LogP contribution in [0.5, 0.6) is 0 Å². The summed E-state index contributed by atoms with van der Waals surface area (Å²) in [6.07, 6.45) is 0.561. The number of amides is 1. The number of carbonyl (C=O) groups is 1. The summed E-state index contributed by atoms with van der Waals surface area (Å²) in [7, 11) is 1.82. The number of aromatic nitrogens is 2. The van der Waals surface area contributed by atoms with Crippen LogP contribution in [0.1, 0.15) is 35.1 Å². The molecular formula is C34H33F2N7O3S. The SMILES string of the molecule is CN(c1nc(-c2ccc(F)cc2)c(C#N)s1)c1c2c(nc3c(F)cc(N4CC5(CN(C(=O)CN6CC[C@@H](O)C6)C5)C4)cc13)C(O)CC2. The zero-order valence-corrected chi connectivity index (χ0v) is 26.6. The van der Waals surface area contributed by atoms with E-state index in [1.54, 1.807) is 12.1 Å². The molecule has 1 spiro atoms. The van der Waals surface area contributed by atoms with Gasteiger partial charge in [-0.3, -0.25) is 9.69 Å². The van der Waals surface area contributed by atoms with Crippen molar-refractivity contribution in [3.63, 3.8) is 0 Å². The predicted octanol–water partition coefficient (Wildman–Crippen LogP) is 3.97. The number of anilines is 3. The Morgan fingerprint density at radius 3 is 2.60 bits per heavy atom. The molecule has 13 heteroatoms. The molecule has 2 N–H and O–H groups in total. The molecule has 3 aliphatic heterocycles. The maximum absolute atomic E-state index is 15.9. The lowest BCUT2D eigenvalue weighted by atomic mass is 9.72. The highest BCUT2D eigenvalue weighted by atomic mass is 32.1. The van der Waals surface area contributed by atoms with Gasteiger partial charge in [0, 0.05) is 73.9 Å². The molecule has 2 aromatic carbocycles. The molecule has 3 saturated heterocycles. The first-order chi connectivity index (χ1) is 22.6. The van der Waals surface area contributed by atoms with Gasteiger partial charge in [0.25, 0.3) is 0 Å². The van der Waals surface area contributed by atoms with Crippen LogP contribution in [-0.2, 0) is 11.2 Å². The summed E-state index contributed by atoms with van der Waals surface area (Å²) in [6.45, 7) is 4.33. The molecule has 1 aliphatic carbocycles. The summed E-state index contributed by atoms with van der Waals surface area (Å²) in [5.41, 5.74) is 3.88. The number of nitriles is 1. The number of carbonyl (C=O) groups excluding carboxylic acids is 1. The fourth-order valence-electron chi connectivity index (χ4n) is 7.62. The van der Waals surface area contributed by atoms with Crippen LogP contribution in [0, 0.1) is 28.4 Å². The molecule has 0 bridgehead atoms. The van der Waals surface area contributed by atoms with Crippen molar-refractivity contribution in [1.82, 2.24) is 19.8 Å². The standard InChI is InChI=1S/C34H33F2N7O3S/c1-40(33-39-29(27(12-37)47-33)19-2-4-20(35)5-3-19)32-23-6-7-26(45)31(23)38-30-24(32)10-21(11-25(30)36)42-15-34(16-42)17-43(18-34)28(46)14-41-9-8-22(44)13-41/h2-5,10-11,22,26,44-45H,6-9,13-18H2,1H3/t22-,26?/m1/s1. The summed E-state index contributed by atoms with van der Waals surface area (Å²) < 4.78 is 29.5. The van der Waals surface area contributed by atoms with E-state index in [-0.39, 0.29) is 28.8 Å². The Hall–Kier alpha value is -4.22. The molecule has 4 aliphatic rings. The molecule has 47 heavy (non-hydrogen) atoms. The van der Waals surface area contributed by atoms with E-state index in [9.17, 15) is 24.7 Å². The van der Waals surface area contributed by atoms with Gasteiger partial charge in [0.05, 0.1) is 30.1 Å². The van der Waals surface area contributed by atoms with Gasteiger partial charge >= 0.3 is 0 Å². The van der Waals surface area contributed by atoms with Crippen LogP contribution in [0.25, 0.3) is 22.2 Å². The molecule has 4 aromatic rings. The van der Waals surface area contributed by atoms with Crippen molar-refractivity contribution in [1.29, 1.82) is 5.26 Å². The number of benzene rings is 2. The van der Waals surface area contributed by atoms with E-state index in [0.29, 0.717) is 96.6 Å². The van der Waals surface area contributed by atoms with E-state index >= 15 is 4.39 Å². The maximum atomic E-state index is 15.9. The Balaban J connectivity index is 1.08. The first-order valence-corrected chi connectivity index (χ1v) is 16.6. The fraction of sp³-hybridized carbons (Fsp3) is 0.412. The second-order valence-corrected chi connectivity index (χ2v) is 14.3. The zero-order valence-electron chi connectivity index (χ0n) is 25.8. The van der Waals surface area contributed by atoms with Gasteiger partial charge in [0.15, 0.2) is 10.9 Å². The molecule has 0 radical (unpaired) electrons. The Bertz CT molecular complexity index is 1950. The molecular weight excluding hydrogens is 624 g/mol. The third kappa shape index (κ3) is 5.11. The van der Waals surface area contributed by atoms with Gasteiger partial charge in [-0.1, -0.05) is 11.3 Å². The number of hydrogen-bond donors (Lipinski definition) is 2. The number of aliphatic hydroxyl groups excluding tert-OH is 2. The molecule has 0 saturated carbocycles. The minimum absolute atomic E-state index is 0.0170. The molecule has 242 valence electrons. The Morgan fingerprint density at radius 1 is 1.13 bits per heavy atom. The lowest BCUT2D eigenvalue weighted by Gasteiger charge is -2.61. The van der Waals surface area contributed by atoms with Crippen LogP contribution in [-0.4, -0.2) is 94.9 Å². The van der Waals surface area contributed by atoms with Gasteiger partial charge in [-0.15, -0.1) is 0 Å². The van der Waals surface area contributed by atoms with Crippen LogP contribution in [0.2, 0.25) is 0 Å². The Labute approximate surface area is 274 Å².